The van der Waals surface area contributed by atoms with Crippen molar-refractivity contribution in [3.8, 4) is 0 Å². The van der Waals surface area contributed by atoms with Gasteiger partial charge in [-0.15, -0.1) is 0 Å². The molecule has 1 rings (SSSR count). The summed E-state index contributed by atoms with van der Waals surface area (Å²) in [7, 11) is 0. The first-order chi connectivity index (χ1) is 6.70. The average molecular weight is 199 g/mol. The van der Waals surface area contributed by atoms with Gasteiger partial charge in [0.1, 0.15) is 0 Å². The lowest BCUT2D eigenvalue weighted by atomic mass is 9.98. The number of rotatable bonds is 6. The van der Waals surface area contributed by atoms with Crippen LogP contribution >= 0.6 is 0 Å². The van der Waals surface area contributed by atoms with Crippen LogP contribution in [-0.2, 0) is 4.74 Å². The Morgan fingerprint density at radius 2 is 2.14 bits per heavy atom. The van der Waals surface area contributed by atoms with Crippen LogP contribution < -0.4 is 5.32 Å². The zero-order valence-corrected chi connectivity index (χ0v) is 9.88. The summed E-state index contributed by atoms with van der Waals surface area (Å²) in [5, 5.41) is 3.51. The predicted octanol–water partition coefficient (Wildman–Crippen LogP) is 2.44. The molecule has 0 aliphatic carbocycles. The van der Waals surface area contributed by atoms with Gasteiger partial charge >= 0.3 is 0 Å². The maximum Gasteiger partial charge on any atom is 0.0588 e. The largest absolute Gasteiger partial charge is 0.378 e. The van der Waals surface area contributed by atoms with Crippen LogP contribution in [0.5, 0.6) is 0 Å². The molecule has 0 saturated carbocycles. The summed E-state index contributed by atoms with van der Waals surface area (Å²) in [4.78, 5) is 0. The molecule has 84 valence electrons. The summed E-state index contributed by atoms with van der Waals surface area (Å²) in [6.45, 7) is 10.1. The molecule has 1 N–H and O–H groups in total. The van der Waals surface area contributed by atoms with Crippen molar-refractivity contribution < 1.29 is 4.74 Å². The Morgan fingerprint density at radius 3 is 2.71 bits per heavy atom. The number of nitrogens with one attached hydrogen (secondary N) is 1. The second kappa shape index (κ2) is 6.41. The number of hydrogen-bond donors (Lipinski definition) is 1. The summed E-state index contributed by atoms with van der Waals surface area (Å²) >= 11 is 0. The van der Waals surface area contributed by atoms with Gasteiger partial charge in [-0.3, -0.25) is 0 Å². The van der Waals surface area contributed by atoms with Gasteiger partial charge in [0.25, 0.3) is 0 Å². The molecule has 1 heterocycles. The van der Waals surface area contributed by atoms with E-state index in [1.54, 1.807) is 0 Å². The normalized spacial score (nSPS) is 24.4. The molecule has 0 spiro atoms. The molecular weight excluding hydrogens is 174 g/mol. The molecule has 1 aliphatic rings. The van der Waals surface area contributed by atoms with Crippen LogP contribution in [-0.4, -0.2) is 25.8 Å². The Labute approximate surface area is 88.4 Å². The minimum atomic E-state index is 0.539. The van der Waals surface area contributed by atoms with Crippen LogP contribution in [0.1, 0.15) is 40.0 Å². The standard InChI is InChI=1S/C12H25NO/c1-10(2)11(3)9-13-7-6-12-5-4-8-14-12/h10-13H,4-9H2,1-3H3. The molecule has 0 aromatic rings. The van der Waals surface area contributed by atoms with E-state index in [0.717, 1.165) is 31.5 Å². The lowest BCUT2D eigenvalue weighted by molar-refractivity contribution is 0.104. The summed E-state index contributed by atoms with van der Waals surface area (Å²) in [6, 6.07) is 0. The van der Waals surface area contributed by atoms with Crippen molar-refractivity contribution in [3.05, 3.63) is 0 Å². The molecule has 2 atom stereocenters. The van der Waals surface area contributed by atoms with Crippen molar-refractivity contribution in [1.82, 2.24) is 5.32 Å². The first-order valence-corrected chi connectivity index (χ1v) is 6.02. The Bertz CT molecular complexity index is 137. The van der Waals surface area contributed by atoms with E-state index in [4.69, 9.17) is 4.74 Å². The van der Waals surface area contributed by atoms with Gasteiger partial charge in [0.15, 0.2) is 0 Å². The minimum Gasteiger partial charge on any atom is -0.378 e. The maximum absolute atomic E-state index is 5.57. The fourth-order valence-corrected chi connectivity index (χ4v) is 1.70. The molecule has 2 heteroatoms. The Hall–Kier alpha value is -0.0800. The van der Waals surface area contributed by atoms with Gasteiger partial charge in [0.05, 0.1) is 6.10 Å². The van der Waals surface area contributed by atoms with E-state index in [2.05, 4.69) is 26.1 Å². The van der Waals surface area contributed by atoms with E-state index < -0.39 is 0 Å². The third-order valence-corrected chi connectivity index (χ3v) is 3.27. The first kappa shape index (κ1) is 12.0. The second-order valence-electron chi connectivity index (χ2n) is 4.85. The average Bonchev–Trinajstić information content (AvgIpc) is 2.64. The van der Waals surface area contributed by atoms with Crippen molar-refractivity contribution in [2.45, 2.75) is 46.1 Å². The fraction of sp³-hybridized carbons (Fsp3) is 1.00. The highest BCUT2D eigenvalue weighted by molar-refractivity contribution is 4.67. The predicted molar refractivity (Wildman–Crippen MR) is 60.5 cm³/mol. The van der Waals surface area contributed by atoms with Crippen molar-refractivity contribution in [1.29, 1.82) is 0 Å². The number of ether oxygens (including phenoxy) is 1. The smallest absolute Gasteiger partial charge is 0.0588 e. The zero-order chi connectivity index (χ0) is 10.4. The third-order valence-electron chi connectivity index (χ3n) is 3.27. The molecular formula is C12H25NO. The molecule has 0 aromatic heterocycles. The third kappa shape index (κ3) is 4.43. The second-order valence-corrected chi connectivity index (χ2v) is 4.85. The van der Waals surface area contributed by atoms with Gasteiger partial charge in [0.2, 0.25) is 0 Å². The van der Waals surface area contributed by atoms with Crippen LogP contribution in [0.2, 0.25) is 0 Å². The van der Waals surface area contributed by atoms with Gasteiger partial charge in [-0.1, -0.05) is 20.8 Å². The van der Waals surface area contributed by atoms with E-state index in [9.17, 15) is 0 Å². The van der Waals surface area contributed by atoms with Crippen molar-refractivity contribution in [3.63, 3.8) is 0 Å². The maximum atomic E-state index is 5.57. The molecule has 2 unspecified atom stereocenters. The van der Waals surface area contributed by atoms with E-state index in [1.807, 2.05) is 0 Å². The molecule has 0 radical (unpaired) electrons. The lowest BCUT2D eigenvalue weighted by Crippen LogP contribution is -2.27. The van der Waals surface area contributed by atoms with E-state index in [0.29, 0.717) is 6.10 Å². The molecule has 1 aliphatic heterocycles. The summed E-state index contributed by atoms with van der Waals surface area (Å²) in [6.07, 6.45) is 4.25. The molecule has 1 saturated heterocycles. The molecule has 0 amide bonds. The van der Waals surface area contributed by atoms with Crippen LogP contribution in [0.15, 0.2) is 0 Å². The minimum absolute atomic E-state index is 0.539. The Morgan fingerprint density at radius 1 is 1.36 bits per heavy atom. The lowest BCUT2D eigenvalue weighted by Gasteiger charge is -2.17. The fourth-order valence-electron chi connectivity index (χ4n) is 1.70. The van der Waals surface area contributed by atoms with Gasteiger partial charge in [-0.25, -0.2) is 0 Å². The van der Waals surface area contributed by atoms with E-state index in [-0.39, 0.29) is 0 Å². The topological polar surface area (TPSA) is 21.3 Å². The molecule has 1 fully saturated rings. The molecule has 2 nitrogen and oxygen atoms in total. The molecule has 0 aromatic carbocycles. The van der Waals surface area contributed by atoms with Crippen LogP contribution in [0.3, 0.4) is 0 Å². The molecule has 14 heavy (non-hydrogen) atoms. The zero-order valence-electron chi connectivity index (χ0n) is 9.88. The highest BCUT2D eigenvalue weighted by Gasteiger charge is 2.14. The van der Waals surface area contributed by atoms with Crippen LogP contribution in [0.4, 0.5) is 0 Å². The van der Waals surface area contributed by atoms with Gasteiger partial charge in [-0.05, 0) is 44.2 Å². The van der Waals surface area contributed by atoms with Crippen molar-refractivity contribution >= 4 is 0 Å². The number of hydrogen-bond acceptors (Lipinski definition) is 2. The first-order valence-electron chi connectivity index (χ1n) is 6.02. The van der Waals surface area contributed by atoms with Crippen LogP contribution in [0.25, 0.3) is 0 Å². The highest BCUT2D eigenvalue weighted by Crippen LogP contribution is 2.14. The summed E-state index contributed by atoms with van der Waals surface area (Å²) in [5.41, 5.74) is 0. The quantitative estimate of drug-likeness (QED) is 0.663. The van der Waals surface area contributed by atoms with Gasteiger partial charge in [0, 0.05) is 6.61 Å². The summed E-state index contributed by atoms with van der Waals surface area (Å²) < 4.78 is 5.57. The van der Waals surface area contributed by atoms with E-state index in [1.165, 1.54) is 19.3 Å². The van der Waals surface area contributed by atoms with Crippen molar-refractivity contribution in [2.24, 2.45) is 11.8 Å². The van der Waals surface area contributed by atoms with Gasteiger partial charge < -0.3 is 10.1 Å². The van der Waals surface area contributed by atoms with Gasteiger partial charge in [-0.2, -0.15) is 0 Å². The monoisotopic (exact) mass is 199 g/mol. The van der Waals surface area contributed by atoms with E-state index >= 15 is 0 Å². The Kier molecular flexibility index (Phi) is 5.49. The Balaban J connectivity index is 1.93. The van der Waals surface area contributed by atoms with Crippen LogP contribution in [0, 0.1) is 11.8 Å². The summed E-state index contributed by atoms with van der Waals surface area (Å²) in [5.74, 6) is 1.56. The highest BCUT2D eigenvalue weighted by atomic mass is 16.5. The van der Waals surface area contributed by atoms with Crippen molar-refractivity contribution in [2.75, 3.05) is 19.7 Å². The SMILES string of the molecule is CC(C)C(C)CNCCC1CCCO1. The molecule has 0 bridgehead atoms.